The minimum Gasteiger partial charge on any atom is -0.506 e. The minimum atomic E-state index is -0.203. The van der Waals surface area contributed by atoms with Crippen LogP contribution in [0.15, 0.2) is 29.1 Å². The molecule has 2 rings (SSSR count). The van der Waals surface area contributed by atoms with Gasteiger partial charge >= 0.3 is 0 Å². The molecule has 2 aromatic rings. The predicted octanol–water partition coefficient (Wildman–Crippen LogP) is 1.56. The van der Waals surface area contributed by atoms with Crippen LogP contribution in [0.4, 0.5) is 0 Å². The summed E-state index contributed by atoms with van der Waals surface area (Å²) in [4.78, 5) is 13.9. The largest absolute Gasteiger partial charge is 0.506 e. The summed E-state index contributed by atoms with van der Waals surface area (Å²) in [5, 5.41) is 13.8. The summed E-state index contributed by atoms with van der Waals surface area (Å²) in [7, 11) is 1.90. The summed E-state index contributed by atoms with van der Waals surface area (Å²) < 4.78 is 0. The van der Waals surface area contributed by atoms with Gasteiger partial charge in [0, 0.05) is 18.0 Å². The van der Waals surface area contributed by atoms with E-state index >= 15 is 0 Å². The second-order valence-corrected chi connectivity index (χ2v) is 4.24. The number of pyridine rings is 1. The van der Waals surface area contributed by atoms with Crippen LogP contribution in [0.3, 0.4) is 0 Å². The summed E-state index contributed by atoms with van der Waals surface area (Å²) in [5.41, 5.74) is 1.42. The number of phenols is 1. The molecule has 0 unspecified atom stereocenters. The lowest BCUT2D eigenvalue weighted by Gasteiger charge is -2.14. The van der Waals surface area contributed by atoms with Crippen LogP contribution < -0.4 is 10.9 Å². The van der Waals surface area contributed by atoms with Crippen molar-refractivity contribution < 1.29 is 5.11 Å². The fourth-order valence-electron chi connectivity index (χ4n) is 2.10. The molecule has 0 aliphatic carbocycles. The van der Waals surface area contributed by atoms with Gasteiger partial charge in [0.25, 0.3) is 0 Å². The molecule has 0 saturated heterocycles. The Morgan fingerprint density at radius 3 is 2.82 bits per heavy atom. The molecular formula is C13H16N2O2. The molecule has 0 fully saturated rings. The number of aromatic nitrogens is 1. The van der Waals surface area contributed by atoms with Crippen molar-refractivity contribution in [1.29, 1.82) is 0 Å². The van der Waals surface area contributed by atoms with Crippen molar-refractivity contribution in [3.05, 3.63) is 40.2 Å². The summed E-state index contributed by atoms with van der Waals surface area (Å²) in [6.07, 6.45) is 0. The quantitative estimate of drug-likeness (QED) is 0.752. The van der Waals surface area contributed by atoms with Crippen molar-refractivity contribution >= 4 is 10.9 Å². The van der Waals surface area contributed by atoms with Crippen molar-refractivity contribution in [2.75, 3.05) is 13.6 Å². The Labute approximate surface area is 99.3 Å². The van der Waals surface area contributed by atoms with E-state index in [1.807, 2.05) is 13.1 Å². The van der Waals surface area contributed by atoms with Gasteiger partial charge in [-0.3, -0.25) is 4.79 Å². The Morgan fingerprint density at radius 2 is 2.12 bits per heavy atom. The molecule has 4 nitrogen and oxygen atoms in total. The minimum absolute atomic E-state index is 0.109. The molecule has 4 heteroatoms. The summed E-state index contributed by atoms with van der Waals surface area (Å²) in [6, 6.07) is 6.77. The third kappa shape index (κ3) is 2.17. The van der Waals surface area contributed by atoms with E-state index in [0.29, 0.717) is 11.4 Å². The molecule has 1 aromatic heterocycles. The molecule has 90 valence electrons. The zero-order valence-electron chi connectivity index (χ0n) is 9.95. The Bertz CT molecular complexity index is 589. The molecule has 0 bridgehead atoms. The number of phenolic OH excluding ortho intramolecular Hbond substituents is 1. The Hall–Kier alpha value is -1.81. The van der Waals surface area contributed by atoms with Gasteiger partial charge in [0.05, 0.1) is 5.52 Å². The first-order valence-electron chi connectivity index (χ1n) is 5.63. The van der Waals surface area contributed by atoms with Gasteiger partial charge in [-0.25, -0.2) is 0 Å². The highest BCUT2D eigenvalue weighted by molar-refractivity contribution is 5.87. The first-order chi connectivity index (χ1) is 8.13. The van der Waals surface area contributed by atoms with Gasteiger partial charge < -0.3 is 15.4 Å². The molecule has 0 spiro atoms. The monoisotopic (exact) mass is 232 g/mol. The second-order valence-electron chi connectivity index (χ2n) is 4.24. The van der Waals surface area contributed by atoms with Crippen molar-refractivity contribution in [1.82, 2.24) is 10.3 Å². The maximum Gasteiger partial charge on any atom is 0.248 e. The first kappa shape index (κ1) is 11.7. The van der Waals surface area contributed by atoms with Crippen LogP contribution in [0.25, 0.3) is 10.9 Å². The number of nitrogens with one attached hydrogen (secondary N) is 2. The number of likely N-dealkylation sites (N-methyl/N-ethyl adjacent to an activating group) is 1. The van der Waals surface area contributed by atoms with Gasteiger partial charge in [-0.1, -0.05) is 13.0 Å². The average Bonchev–Trinajstić information content (AvgIpc) is 2.30. The lowest BCUT2D eigenvalue weighted by molar-refractivity contribution is 0.480. The van der Waals surface area contributed by atoms with Crippen molar-refractivity contribution in [2.24, 2.45) is 0 Å². The molecule has 0 amide bonds. The summed E-state index contributed by atoms with van der Waals surface area (Å²) >= 11 is 0. The predicted molar refractivity (Wildman–Crippen MR) is 68.6 cm³/mol. The third-order valence-electron chi connectivity index (χ3n) is 2.95. The summed E-state index contributed by atoms with van der Waals surface area (Å²) in [6.45, 7) is 2.95. The van der Waals surface area contributed by atoms with E-state index in [0.717, 1.165) is 17.5 Å². The topological polar surface area (TPSA) is 65.1 Å². The zero-order chi connectivity index (χ0) is 12.4. The highest BCUT2D eigenvalue weighted by Crippen LogP contribution is 2.29. The van der Waals surface area contributed by atoms with Crippen molar-refractivity contribution in [2.45, 2.75) is 12.8 Å². The van der Waals surface area contributed by atoms with Crippen LogP contribution in [0.5, 0.6) is 5.75 Å². The van der Waals surface area contributed by atoms with Gasteiger partial charge in [-0.05, 0) is 30.7 Å². The molecule has 1 heterocycles. The standard InChI is InChI=1S/C13H16N2O2/c1-8(7-14-2)9-3-5-11(16)13-10(9)4-6-12(17)15-13/h3-6,8,14,16H,7H2,1-2H3,(H,15,17)/t8-/m0/s1. The lowest BCUT2D eigenvalue weighted by atomic mass is 9.96. The number of hydrogen-bond acceptors (Lipinski definition) is 3. The number of aromatic amines is 1. The smallest absolute Gasteiger partial charge is 0.248 e. The molecule has 0 aliphatic rings. The Morgan fingerprint density at radius 1 is 1.35 bits per heavy atom. The molecule has 1 atom stereocenters. The highest BCUT2D eigenvalue weighted by atomic mass is 16.3. The van der Waals surface area contributed by atoms with E-state index in [1.165, 1.54) is 6.07 Å². The number of rotatable bonds is 3. The molecule has 0 radical (unpaired) electrons. The van der Waals surface area contributed by atoms with Crippen molar-refractivity contribution in [3.8, 4) is 5.75 Å². The normalized spacial score (nSPS) is 12.8. The molecular weight excluding hydrogens is 216 g/mol. The Balaban J connectivity index is 2.66. The number of benzene rings is 1. The van der Waals surface area contributed by atoms with Gasteiger partial charge in [-0.2, -0.15) is 0 Å². The van der Waals surface area contributed by atoms with E-state index < -0.39 is 0 Å². The van der Waals surface area contributed by atoms with Gasteiger partial charge in [-0.15, -0.1) is 0 Å². The average molecular weight is 232 g/mol. The zero-order valence-corrected chi connectivity index (χ0v) is 9.95. The lowest BCUT2D eigenvalue weighted by Crippen LogP contribution is -2.15. The fraction of sp³-hybridized carbons (Fsp3) is 0.308. The highest BCUT2D eigenvalue weighted by Gasteiger charge is 2.11. The number of fused-ring (bicyclic) bond motifs is 1. The molecule has 3 N–H and O–H groups in total. The van der Waals surface area contributed by atoms with Crippen LogP contribution in [0.2, 0.25) is 0 Å². The van der Waals surface area contributed by atoms with Crippen LogP contribution in [-0.2, 0) is 0 Å². The maximum absolute atomic E-state index is 11.3. The van der Waals surface area contributed by atoms with Crippen LogP contribution in [0, 0.1) is 0 Å². The number of hydrogen-bond donors (Lipinski definition) is 3. The molecule has 1 aromatic carbocycles. The van der Waals surface area contributed by atoms with E-state index in [4.69, 9.17) is 0 Å². The van der Waals surface area contributed by atoms with Crippen LogP contribution >= 0.6 is 0 Å². The van der Waals surface area contributed by atoms with Gasteiger partial charge in [0.2, 0.25) is 5.56 Å². The van der Waals surface area contributed by atoms with Gasteiger partial charge in [0.1, 0.15) is 5.75 Å². The third-order valence-corrected chi connectivity index (χ3v) is 2.95. The van der Waals surface area contributed by atoms with E-state index in [2.05, 4.69) is 17.2 Å². The van der Waals surface area contributed by atoms with Crippen LogP contribution in [-0.4, -0.2) is 23.7 Å². The number of H-pyrrole nitrogens is 1. The van der Waals surface area contributed by atoms with Crippen LogP contribution in [0.1, 0.15) is 18.4 Å². The molecule has 17 heavy (non-hydrogen) atoms. The van der Waals surface area contributed by atoms with Gasteiger partial charge in [0.15, 0.2) is 0 Å². The van der Waals surface area contributed by atoms with Crippen molar-refractivity contribution in [3.63, 3.8) is 0 Å². The van der Waals surface area contributed by atoms with E-state index in [1.54, 1.807) is 12.1 Å². The first-order valence-corrected chi connectivity index (χ1v) is 5.63. The molecule has 0 saturated carbocycles. The molecule has 0 aliphatic heterocycles. The summed E-state index contributed by atoms with van der Waals surface area (Å²) in [5.74, 6) is 0.423. The maximum atomic E-state index is 11.3. The number of aromatic hydroxyl groups is 1. The fourth-order valence-corrected chi connectivity index (χ4v) is 2.10. The Kier molecular flexibility index (Phi) is 3.15. The second kappa shape index (κ2) is 4.59. The van der Waals surface area contributed by atoms with E-state index in [9.17, 15) is 9.90 Å². The van der Waals surface area contributed by atoms with E-state index in [-0.39, 0.29) is 11.3 Å². The SMILES string of the molecule is CNC[C@H](C)c1ccc(O)c2[nH]c(=O)ccc12.